The lowest BCUT2D eigenvalue weighted by atomic mass is 9.43. The lowest BCUT2D eigenvalue weighted by molar-refractivity contribution is -0.198. The van der Waals surface area contributed by atoms with Gasteiger partial charge < -0.3 is 29.5 Å². The summed E-state index contributed by atoms with van der Waals surface area (Å²) in [7, 11) is 0. The van der Waals surface area contributed by atoms with Gasteiger partial charge in [-0.3, -0.25) is 19.7 Å². The van der Waals surface area contributed by atoms with Crippen molar-refractivity contribution in [2.24, 2.45) is 39.9 Å². The van der Waals surface area contributed by atoms with Crippen molar-refractivity contribution in [3.63, 3.8) is 0 Å². The number of aromatic nitrogens is 3. The first kappa shape index (κ1) is 36.8. The van der Waals surface area contributed by atoms with Gasteiger partial charge in [0.25, 0.3) is 0 Å². The number of piperazine rings is 1. The van der Waals surface area contributed by atoms with Crippen molar-refractivity contribution in [3.8, 4) is 0 Å². The van der Waals surface area contributed by atoms with E-state index in [0.717, 1.165) is 62.3 Å². The number of rotatable bonds is 6. The van der Waals surface area contributed by atoms with E-state index in [-0.39, 0.29) is 41.4 Å². The van der Waals surface area contributed by atoms with Gasteiger partial charge in [0.1, 0.15) is 36.2 Å². The number of aliphatic hydroxyl groups excluding tert-OH is 1. The monoisotopic (exact) mass is 719 g/mol. The molecule has 3 N–H and O–H groups in total. The number of piperidine rings is 1. The average molecular weight is 720 g/mol. The lowest BCUT2D eigenvalue weighted by Crippen LogP contribution is -2.63. The van der Waals surface area contributed by atoms with Gasteiger partial charge in [0.05, 0.1) is 11.5 Å². The molecule has 284 valence electrons. The standard InChI is InChI=1S/C39H57N7O6/c1-6-37(4)21-29(38(5)24(2)7-12-39(25(3)32(37)49)13-8-28(47)31(38)39)52-36(51)43-35(50)26-9-16-44(17-10-26)30(48)22-46-18-11-27-33(41-23-42-34(27)46)45-19-14-40-15-20-45/h11,18,23-26,29,31-32,40,49H,6-10,12-17,19-22H2,1-5H3,(H,43,50,51)/t24?,25?,29?,31?,32-,37+,38?,39?/m0/s1. The van der Waals surface area contributed by atoms with Crippen LogP contribution in [0.25, 0.3) is 11.0 Å². The van der Waals surface area contributed by atoms with Crippen LogP contribution < -0.4 is 15.5 Å². The number of fused-ring (bicyclic) bond motifs is 1. The summed E-state index contributed by atoms with van der Waals surface area (Å²) in [4.78, 5) is 67.2. The maximum atomic E-state index is 13.7. The Morgan fingerprint density at radius 2 is 1.79 bits per heavy atom. The van der Waals surface area contributed by atoms with Crippen molar-refractivity contribution in [1.29, 1.82) is 0 Å². The number of nitrogens with one attached hydrogen (secondary N) is 2. The van der Waals surface area contributed by atoms with E-state index in [0.29, 0.717) is 45.2 Å². The van der Waals surface area contributed by atoms with Gasteiger partial charge in [-0.05, 0) is 73.7 Å². The molecule has 3 amide bonds. The maximum Gasteiger partial charge on any atom is 0.414 e. The molecule has 5 aliphatic rings. The van der Waals surface area contributed by atoms with Crippen LogP contribution in [0.2, 0.25) is 0 Å². The number of ketones is 1. The summed E-state index contributed by atoms with van der Waals surface area (Å²) in [6, 6.07) is 1.97. The highest BCUT2D eigenvalue weighted by Crippen LogP contribution is 2.68. The first-order valence-corrected chi connectivity index (χ1v) is 19.6. The molecule has 2 aromatic rings. The van der Waals surface area contributed by atoms with E-state index >= 15 is 0 Å². The molecule has 2 saturated heterocycles. The van der Waals surface area contributed by atoms with Crippen LogP contribution in [0.15, 0.2) is 18.6 Å². The van der Waals surface area contributed by atoms with Crippen molar-refractivity contribution < 1.29 is 29.0 Å². The highest BCUT2D eigenvalue weighted by Gasteiger charge is 2.68. The van der Waals surface area contributed by atoms with Gasteiger partial charge in [-0.2, -0.15) is 0 Å². The maximum absolute atomic E-state index is 13.7. The molecule has 0 spiro atoms. The molecule has 3 aliphatic carbocycles. The van der Waals surface area contributed by atoms with Gasteiger partial charge in [0.15, 0.2) is 0 Å². The number of anilines is 1. The Kier molecular flexibility index (Phi) is 9.90. The number of amides is 3. The second-order valence-electron chi connectivity index (χ2n) is 17.0. The predicted molar refractivity (Wildman–Crippen MR) is 195 cm³/mol. The smallest absolute Gasteiger partial charge is 0.414 e. The van der Waals surface area contributed by atoms with E-state index in [9.17, 15) is 24.3 Å². The molecule has 0 radical (unpaired) electrons. The molecule has 6 unspecified atom stereocenters. The Labute approximate surface area is 306 Å². The number of nitrogens with zero attached hydrogens (tertiary/aromatic N) is 5. The van der Waals surface area contributed by atoms with Crippen molar-refractivity contribution in [1.82, 2.24) is 30.1 Å². The zero-order chi connectivity index (χ0) is 37.0. The molecule has 3 saturated carbocycles. The quantitative estimate of drug-likeness (QED) is 0.400. The summed E-state index contributed by atoms with van der Waals surface area (Å²) in [5, 5.41) is 18.6. The van der Waals surface area contributed by atoms with Gasteiger partial charge in [0, 0.05) is 69.1 Å². The van der Waals surface area contributed by atoms with Gasteiger partial charge in [-0.15, -0.1) is 0 Å². The molecule has 5 fully saturated rings. The molecule has 52 heavy (non-hydrogen) atoms. The summed E-state index contributed by atoms with van der Waals surface area (Å²) < 4.78 is 8.12. The number of Topliss-reactive ketones (excluding diaryl/α,β-unsaturated/α-hetero) is 1. The number of carbonyl (C=O) groups is 4. The second kappa shape index (κ2) is 14.0. The third-order valence-corrected chi connectivity index (χ3v) is 14.7. The fraction of sp³-hybridized carbons (Fsp3) is 0.744. The summed E-state index contributed by atoms with van der Waals surface area (Å²) in [6.07, 6.45) is 6.33. The van der Waals surface area contributed by atoms with Crippen LogP contribution >= 0.6 is 0 Å². The molecule has 0 aromatic carbocycles. The van der Waals surface area contributed by atoms with Crippen LogP contribution in [-0.4, -0.2) is 99.7 Å². The number of carbonyl (C=O) groups excluding carboxylic acids is 4. The zero-order valence-electron chi connectivity index (χ0n) is 31.5. The molecule has 2 bridgehead atoms. The Morgan fingerprint density at radius 1 is 1.06 bits per heavy atom. The van der Waals surface area contributed by atoms with Crippen molar-refractivity contribution >= 4 is 40.5 Å². The van der Waals surface area contributed by atoms with Gasteiger partial charge in [-0.25, -0.2) is 14.8 Å². The van der Waals surface area contributed by atoms with Crippen LogP contribution in [0.5, 0.6) is 0 Å². The number of aliphatic hydroxyl groups is 1. The summed E-state index contributed by atoms with van der Waals surface area (Å²) in [6.45, 7) is 15.0. The highest BCUT2D eigenvalue weighted by atomic mass is 16.6. The lowest BCUT2D eigenvalue weighted by Gasteiger charge is -2.62. The Morgan fingerprint density at radius 3 is 2.50 bits per heavy atom. The SMILES string of the molecule is CC[C@]1(C)CC(OC(=O)NC(=O)C2CCN(C(=O)Cn3ccc4c(N5CCNCC5)ncnc43)CC2)C2(C)C(C)CCC3(CCC(=O)C32)C(C)[C@@H]1O. The molecule has 7 rings (SSSR count). The molecule has 2 aliphatic heterocycles. The summed E-state index contributed by atoms with van der Waals surface area (Å²) in [5.41, 5.74) is -0.754. The topological polar surface area (TPSA) is 159 Å². The number of ether oxygens (including phenoxy) is 1. The minimum Gasteiger partial charge on any atom is -0.445 e. The number of likely N-dealkylation sites (tertiary alicyclic amines) is 1. The van der Waals surface area contributed by atoms with Crippen LogP contribution in [0, 0.1) is 39.9 Å². The molecule has 13 heteroatoms. The first-order chi connectivity index (χ1) is 24.8. The van der Waals surface area contributed by atoms with Crippen LogP contribution in [0.3, 0.4) is 0 Å². The van der Waals surface area contributed by atoms with Crippen LogP contribution in [0.1, 0.15) is 86.0 Å². The van der Waals surface area contributed by atoms with Gasteiger partial charge in [0.2, 0.25) is 11.8 Å². The van der Waals surface area contributed by atoms with Gasteiger partial charge >= 0.3 is 6.09 Å². The van der Waals surface area contributed by atoms with E-state index in [1.54, 1.807) is 11.2 Å². The molecular weight excluding hydrogens is 662 g/mol. The minimum absolute atomic E-state index is 0.0507. The second-order valence-corrected chi connectivity index (χ2v) is 17.0. The summed E-state index contributed by atoms with van der Waals surface area (Å²) in [5.74, 6) is -0.0466. The third-order valence-electron chi connectivity index (χ3n) is 14.7. The highest BCUT2D eigenvalue weighted by molar-refractivity contribution is 5.93. The zero-order valence-corrected chi connectivity index (χ0v) is 31.5. The van der Waals surface area contributed by atoms with E-state index in [1.165, 1.54) is 0 Å². The number of imide groups is 1. The molecule has 2 aromatic heterocycles. The molecule has 8 atom stereocenters. The minimum atomic E-state index is -0.799. The molecule has 13 nitrogen and oxygen atoms in total. The Bertz CT molecular complexity index is 1700. The first-order valence-electron chi connectivity index (χ1n) is 19.6. The fourth-order valence-electron chi connectivity index (χ4n) is 11.0. The average Bonchev–Trinajstić information content (AvgIpc) is 3.73. The molecular formula is C39H57N7O6. The largest absolute Gasteiger partial charge is 0.445 e. The third kappa shape index (κ3) is 6.09. The normalized spacial score (nSPS) is 35.5. The summed E-state index contributed by atoms with van der Waals surface area (Å²) >= 11 is 0. The van der Waals surface area contributed by atoms with Crippen LogP contribution in [-0.2, 0) is 25.7 Å². The number of hydrogen-bond acceptors (Lipinski definition) is 10. The van der Waals surface area contributed by atoms with Gasteiger partial charge in [-0.1, -0.05) is 34.6 Å². The van der Waals surface area contributed by atoms with Crippen molar-refractivity contribution in [3.05, 3.63) is 18.6 Å². The number of hydrogen-bond donors (Lipinski definition) is 3. The predicted octanol–water partition coefficient (Wildman–Crippen LogP) is 3.92. The van der Waals surface area contributed by atoms with E-state index < -0.39 is 41.0 Å². The Balaban J connectivity index is 0.986. The van der Waals surface area contributed by atoms with E-state index in [1.807, 2.05) is 16.8 Å². The molecule has 4 heterocycles. The van der Waals surface area contributed by atoms with E-state index in [2.05, 4.69) is 60.1 Å². The Hall–Kier alpha value is -3.58. The van der Waals surface area contributed by atoms with E-state index in [4.69, 9.17) is 4.74 Å². The van der Waals surface area contributed by atoms with Crippen LogP contribution in [0.4, 0.5) is 10.6 Å². The number of alkyl carbamates (subject to hydrolysis) is 1. The van der Waals surface area contributed by atoms with Crippen molar-refractivity contribution in [2.75, 3.05) is 44.2 Å². The van der Waals surface area contributed by atoms with Crippen molar-refractivity contribution in [2.45, 2.75) is 105 Å². The fourth-order valence-corrected chi connectivity index (χ4v) is 11.0.